The molecule has 31 heavy (non-hydrogen) atoms. The number of halogens is 1. The van der Waals surface area contributed by atoms with Crippen LogP contribution < -0.4 is 21.3 Å². The number of nitrogens with zero attached hydrogens (tertiary/aromatic N) is 2. The van der Waals surface area contributed by atoms with Crippen LogP contribution in [0.15, 0.2) is 29.3 Å². The molecule has 1 aromatic carbocycles. The van der Waals surface area contributed by atoms with E-state index in [2.05, 4.69) is 46.9 Å². The van der Waals surface area contributed by atoms with Crippen molar-refractivity contribution < 1.29 is 9.53 Å². The second-order valence-corrected chi connectivity index (χ2v) is 8.41. The van der Waals surface area contributed by atoms with Gasteiger partial charge in [0.15, 0.2) is 5.96 Å². The molecule has 0 aromatic heterocycles. The maximum atomic E-state index is 11.8. The van der Waals surface area contributed by atoms with E-state index in [1.165, 1.54) is 0 Å². The summed E-state index contributed by atoms with van der Waals surface area (Å²) in [6, 6.07) is 7.66. The molecule has 0 unspecified atom stereocenters. The lowest BCUT2D eigenvalue weighted by molar-refractivity contribution is -0.00834. The number of guanidine groups is 1. The smallest absolute Gasteiger partial charge is 0.319 e. The van der Waals surface area contributed by atoms with Crippen molar-refractivity contribution in [1.82, 2.24) is 20.9 Å². The molecule has 4 N–H and O–H groups in total. The summed E-state index contributed by atoms with van der Waals surface area (Å²) >= 11 is 0. The van der Waals surface area contributed by atoms with Gasteiger partial charge in [0, 0.05) is 43.4 Å². The molecule has 1 aromatic rings. The molecule has 1 saturated heterocycles. The van der Waals surface area contributed by atoms with E-state index in [0.717, 1.165) is 56.6 Å². The lowest BCUT2D eigenvalue weighted by atomic mass is 10.0. The number of aliphatic imine (C=N–C) groups is 1. The number of nitrogens with one attached hydrogen (secondary N) is 4. The topological polar surface area (TPSA) is 90.0 Å². The fourth-order valence-electron chi connectivity index (χ4n) is 3.22. The third-order valence-corrected chi connectivity index (χ3v) is 4.95. The van der Waals surface area contributed by atoms with Gasteiger partial charge in [-0.3, -0.25) is 4.90 Å². The van der Waals surface area contributed by atoms with E-state index in [4.69, 9.17) is 9.73 Å². The Morgan fingerprint density at radius 3 is 2.39 bits per heavy atom. The molecule has 9 heteroatoms. The van der Waals surface area contributed by atoms with Crippen molar-refractivity contribution in [3.8, 4) is 0 Å². The van der Waals surface area contributed by atoms with Crippen LogP contribution in [0.1, 0.15) is 40.2 Å². The average Bonchev–Trinajstić information content (AvgIpc) is 2.71. The number of hydrogen-bond donors (Lipinski definition) is 4. The SMILES string of the molecule is CCNC(=NCc1ccc(NC(=O)NC(C)C)cc1)NCC(C)(C)N1CCOCC1.I. The summed E-state index contributed by atoms with van der Waals surface area (Å²) in [5, 5.41) is 12.4. The third-order valence-electron chi connectivity index (χ3n) is 4.95. The summed E-state index contributed by atoms with van der Waals surface area (Å²) in [6.45, 7) is 16.1. The molecule has 8 nitrogen and oxygen atoms in total. The minimum absolute atomic E-state index is 0. The van der Waals surface area contributed by atoms with Gasteiger partial charge in [0.1, 0.15) is 0 Å². The zero-order chi connectivity index (χ0) is 22.0. The Labute approximate surface area is 204 Å². The number of benzene rings is 1. The molecule has 0 aliphatic carbocycles. The molecule has 0 radical (unpaired) electrons. The highest BCUT2D eigenvalue weighted by atomic mass is 127. The van der Waals surface area contributed by atoms with Crippen LogP contribution in [0.2, 0.25) is 0 Å². The van der Waals surface area contributed by atoms with Crippen molar-refractivity contribution in [2.75, 3.05) is 44.7 Å². The Bertz CT molecular complexity index is 688. The molecule has 2 rings (SSSR count). The van der Waals surface area contributed by atoms with Crippen LogP contribution in [0, 0.1) is 0 Å². The Morgan fingerprint density at radius 2 is 1.81 bits per heavy atom. The minimum Gasteiger partial charge on any atom is -0.379 e. The standard InChI is InChI=1S/C22H38N6O2.HI/c1-6-23-20(25-16-22(4,5)28-11-13-30-14-12-28)24-15-18-7-9-19(10-8-18)27-21(29)26-17(2)3;/h7-10,17H,6,11-16H2,1-5H3,(H2,23,24,25)(H2,26,27,29);1H. The lowest BCUT2D eigenvalue weighted by Gasteiger charge is -2.41. The fourth-order valence-corrected chi connectivity index (χ4v) is 3.22. The van der Waals surface area contributed by atoms with Crippen LogP contribution in [0.4, 0.5) is 10.5 Å². The molecule has 1 aliphatic heterocycles. The van der Waals surface area contributed by atoms with Crippen molar-refractivity contribution in [2.24, 2.45) is 4.99 Å². The number of carbonyl (C=O) groups is 1. The van der Waals surface area contributed by atoms with Crippen molar-refractivity contribution in [3.05, 3.63) is 29.8 Å². The average molecular weight is 546 g/mol. The summed E-state index contributed by atoms with van der Waals surface area (Å²) in [6.07, 6.45) is 0. The van der Waals surface area contributed by atoms with Gasteiger partial charge in [0.25, 0.3) is 0 Å². The minimum atomic E-state index is -0.197. The van der Waals surface area contributed by atoms with Crippen LogP contribution in [0.25, 0.3) is 0 Å². The van der Waals surface area contributed by atoms with E-state index in [0.29, 0.717) is 6.54 Å². The largest absolute Gasteiger partial charge is 0.379 e. The first-order valence-corrected chi connectivity index (χ1v) is 10.8. The molecule has 0 spiro atoms. The van der Waals surface area contributed by atoms with Gasteiger partial charge in [-0.25, -0.2) is 9.79 Å². The number of carbonyl (C=O) groups excluding carboxylic acids is 1. The maximum absolute atomic E-state index is 11.8. The zero-order valence-electron chi connectivity index (χ0n) is 19.5. The Hall–Kier alpha value is -1.59. The first-order valence-electron chi connectivity index (χ1n) is 10.8. The van der Waals surface area contributed by atoms with Crippen LogP contribution in [0.3, 0.4) is 0 Å². The number of urea groups is 1. The Kier molecular flexibility index (Phi) is 12.2. The Morgan fingerprint density at radius 1 is 1.16 bits per heavy atom. The zero-order valence-corrected chi connectivity index (χ0v) is 21.8. The van der Waals surface area contributed by atoms with Gasteiger partial charge >= 0.3 is 6.03 Å². The number of rotatable bonds is 8. The van der Waals surface area contributed by atoms with Crippen molar-refractivity contribution in [2.45, 2.75) is 52.7 Å². The maximum Gasteiger partial charge on any atom is 0.319 e. The molecule has 1 fully saturated rings. The van der Waals surface area contributed by atoms with Crippen LogP contribution in [0.5, 0.6) is 0 Å². The summed E-state index contributed by atoms with van der Waals surface area (Å²) in [5.74, 6) is 0.803. The van der Waals surface area contributed by atoms with E-state index >= 15 is 0 Å². The third kappa shape index (κ3) is 10.0. The van der Waals surface area contributed by atoms with E-state index in [1.54, 1.807) is 0 Å². The Balaban J connectivity index is 0.00000480. The molecule has 0 atom stereocenters. The van der Waals surface area contributed by atoms with Crippen molar-refractivity contribution in [3.63, 3.8) is 0 Å². The number of amides is 2. The molecule has 2 amide bonds. The van der Waals surface area contributed by atoms with E-state index in [9.17, 15) is 4.79 Å². The first-order chi connectivity index (χ1) is 14.3. The normalized spacial score (nSPS) is 15.2. The van der Waals surface area contributed by atoms with E-state index < -0.39 is 0 Å². The van der Waals surface area contributed by atoms with Gasteiger partial charge in [0.2, 0.25) is 0 Å². The highest BCUT2D eigenvalue weighted by Gasteiger charge is 2.28. The number of ether oxygens (including phenoxy) is 1. The molecular weight excluding hydrogens is 507 g/mol. The quantitative estimate of drug-likeness (QED) is 0.229. The molecular formula is C22H39IN6O2. The van der Waals surface area contributed by atoms with Gasteiger partial charge in [-0.1, -0.05) is 12.1 Å². The monoisotopic (exact) mass is 546 g/mol. The van der Waals surface area contributed by atoms with Gasteiger partial charge in [-0.05, 0) is 52.3 Å². The van der Waals surface area contributed by atoms with Crippen LogP contribution in [-0.2, 0) is 11.3 Å². The lowest BCUT2D eigenvalue weighted by Crippen LogP contribution is -2.56. The summed E-state index contributed by atoms with van der Waals surface area (Å²) in [4.78, 5) is 19.0. The van der Waals surface area contributed by atoms with Crippen LogP contribution >= 0.6 is 24.0 Å². The molecule has 0 saturated carbocycles. The molecule has 1 heterocycles. The van der Waals surface area contributed by atoms with E-state index in [1.807, 2.05) is 38.1 Å². The van der Waals surface area contributed by atoms with E-state index in [-0.39, 0.29) is 41.6 Å². The number of anilines is 1. The van der Waals surface area contributed by atoms with Gasteiger partial charge in [-0.15, -0.1) is 24.0 Å². The summed E-state index contributed by atoms with van der Waals surface area (Å²) in [5.41, 5.74) is 1.86. The fraction of sp³-hybridized carbons (Fsp3) is 0.636. The predicted octanol–water partition coefficient (Wildman–Crippen LogP) is 3.00. The van der Waals surface area contributed by atoms with Gasteiger partial charge in [0.05, 0.1) is 19.8 Å². The van der Waals surface area contributed by atoms with Gasteiger partial charge < -0.3 is 26.0 Å². The second kappa shape index (κ2) is 13.7. The summed E-state index contributed by atoms with van der Waals surface area (Å²) in [7, 11) is 0. The summed E-state index contributed by atoms with van der Waals surface area (Å²) < 4.78 is 5.47. The highest BCUT2D eigenvalue weighted by molar-refractivity contribution is 14.0. The molecule has 1 aliphatic rings. The highest BCUT2D eigenvalue weighted by Crippen LogP contribution is 2.15. The van der Waals surface area contributed by atoms with Crippen molar-refractivity contribution >= 4 is 41.7 Å². The predicted molar refractivity (Wildman–Crippen MR) is 138 cm³/mol. The number of morpholine rings is 1. The van der Waals surface area contributed by atoms with Crippen LogP contribution in [-0.4, -0.2) is 67.9 Å². The number of hydrogen-bond acceptors (Lipinski definition) is 4. The van der Waals surface area contributed by atoms with Crippen molar-refractivity contribution in [1.29, 1.82) is 0 Å². The van der Waals surface area contributed by atoms with Gasteiger partial charge in [-0.2, -0.15) is 0 Å². The molecule has 0 bridgehead atoms. The molecule has 176 valence electrons. The second-order valence-electron chi connectivity index (χ2n) is 8.41. The first kappa shape index (κ1) is 27.4.